The molecule has 0 unspecified atom stereocenters. The summed E-state index contributed by atoms with van der Waals surface area (Å²) in [5.41, 5.74) is 2.98. The summed E-state index contributed by atoms with van der Waals surface area (Å²) in [4.78, 5) is 42.6. The van der Waals surface area contributed by atoms with Crippen molar-refractivity contribution in [2.24, 2.45) is 9.98 Å². The van der Waals surface area contributed by atoms with Gasteiger partial charge in [-0.15, -0.1) is 0 Å². The van der Waals surface area contributed by atoms with Crippen LogP contribution in [0.15, 0.2) is 107 Å². The normalized spacial score (nSPS) is 11.0. The molecule has 1 amide bonds. The van der Waals surface area contributed by atoms with Gasteiger partial charge in [-0.2, -0.15) is 0 Å². The molecule has 0 aliphatic carbocycles. The van der Waals surface area contributed by atoms with E-state index in [4.69, 9.17) is 0 Å². The lowest BCUT2D eigenvalue weighted by molar-refractivity contribution is -0.385. The maximum absolute atomic E-state index is 13.0. The fourth-order valence-corrected chi connectivity index (χ4v) is 3.28. The Bertz CT molecular complexity index is 1500. The molecular formula is C27H19N5O5. The SMILES string of the molecule is O=C(Nc1ccccc1)c1ccc(N=Cc2ccc([N+](=O)[O-])cc2)cc1N=Cc1ccc([N+](=O)[O-])cc1. The Morgan fingerprint density at radius 3 is 1.78 bits per heavy atom. The zero-order valence-corrected chi connectivity index (χ0v) is 19.2. The number of para-hydroxylation sites is 1. The second kappa shape index (κ2) is 11.3. The van der Waals surface area contributed by atoms with Crippen LogP contribution in [0.2, 0.25) is 0 Å². The number of non-ortho nitro benzene ring substituents is 2. The number of hydrogen-bond acceptors (Lipinski definition) is 7. The van der Waals surface area contributed by atoms with Gasteiger partial charge in [0.2, 0.25) is 0 Å². The minimum Gasteiger partial charge on any atom is -0.322 e. The number of aliphatic imine (C=N–C) groups is 2. The molecule has 0 atom stereocenters. The van der Waals surface area contributed by atoms with Crippen molar-refractivity contribution in [1.29, 1.82) is 0 Å². The minimum absolute atomic E-state index is 0.0196. The maximum atomic E-state index is 13.0. The van der Waals surface area contributed by atoms with Crippen molar-refractivity contribution < 1.29 is 14.6 Å². The molecule has 10 heteroatoms. The number of amides is 1. The smallest absolute Gasteiger partial charge is 0.269 e. The van der Waals surface area contributed by atoms with Crippen LogP contribution in [0.4, 0.5) is 28.4 Å². The van der Waals surface area contributed by atoms with E-state index in [2.05, 4.69) is 15.3 Å². The fourth-order valence-electron chi connectivity index (χ4n) is 3.28. The Hall–Kier alpha value is -5.51. The molecule has 0 spiro atoms. The quantitative estimate of drug-likeness (QED) is 0.175. The molecule has 37 heavy (non-hydrogen) atoms. The summed E-state index contributed by atoms with van der Waals surface area (Å²) in [6.07, 6.45) is 3.05. The highest BCUT2D eigenvalue weighted by Gasteiger charge is 2.12. The second-order valence-electron chi connectivity index (χ2n) is 7.74. The molecule has 4 aromatic rings. The third-order valence-corrected chi connectivity index (χ3v) is 5.18. The fraction of sp³-hybridized carbons (Fsp3) is 0. The average Bonchev–Trinajstić information content (AvgIpc) is 2.91. The summed E-state index contributed by atoms with van der Waals surface area (Å²) in [5.74, 6) is -0.368. The van der Waals surface area contributed by atoms with E-state index in [0.29, 0.717) is 33.8 Å². The average molecular weight is 493 g/mol. The third-order valence-electron chi connectivity index (χ3n) is 5.18. The number of benzene rings is 4. The van der Waals surface area contributed by atoms with Gasteiger partial charge >= 0.3 is 0 Å². The van der Waals surface area contributed by atoms with Crippen molar-refractivity contribution in [3.63, 3.8) is 0 Å². The Kier molecular flexibility index (Phi) is 7.50. The van der Waals surface area contributed by atoms with Gasteiger partial charge in [0.25, 0.3) is 17.3 Å². The molecule has 0 saturated carbocycles. The standard InChI is InChI=1S/C27H19N5O5/c33-27(30-21-4-2-1-3-5-21)25-15-10-22(28-17-19-6-11-23(12-7-19)31(34)35)16-26(25)29-18-20-8-13-24(14-9-20)32(36)37/h1-18H,(H,30,33). The van der Waals surface area contributed by atoms with E-state index in [-0.39, 0.29) is 17.3 Å². The van der Waals surface area contributed by atoms with Crippen LogP contribution < -0.4 is 5.32 Å². The van der Waals surface area contributed by atoms with Gasteiger partial charge in [0.05, 0.1) is 26.8 Å². The van der Waals surface area contributed by atoms with Gasteiger partial charge in [0.1, 0.15) is 0 Å². The predicted octanol–water partition coefficient (Wildman–Crippen LogP) is 6.26. The first-order valence-electron chi connectivity index (χ1n) is 11.0. The van der Waals surface area contributed by atoms with Gasteiger partial charge in [-0.1, -0.05) is 18.2 Å². The molecule has 4 aromatic carbocycles. The van der Waals surface area contributed by atoms with Gasteiger partial charge in [-0.3, -0.25) is 35.0 Å². The highest BCUT2D eigenvalue weighted by molar-refractivity contribution is 6.08. The number of carbonyl (C=O) groups excluding carboxylic acids is 1. The van der Waals surface area contributed by atoms with Crippen molar-refractivity contribution in [2.75, 3.05) is 5.32 Å². The Morgan fingerprint density at radius 2 is 1.24 bits per heavy atom. The molecule has 0 aromatic heterocycles. The van der Waals surface area contributed by atoms with Crippen molar-refractivity contribution >= 4 is 46.8 Å². The zero-order chi connectivity index (χ0) is 26.2. The summed E-state index contributed by atoms with van der Waals surface area (Å²) >= 11 is 0. The summed E-state index contributed by atoms with van der Waals surface area (Å²) < 4.78 is 0. The van der Waals surface area contributed by atoms with Crippen LogP contribution in [0.1, 0.15) is 21.5 Å². The minimum atomic E-state index is -0.487. The molecule has 0 radical (unpaired) electrons. The largest absolute Gasteiger partial charge is 0.322 e. The monoisotopic (exact) mass is 493 g/mol. The van der Waals surface area contributed by atoms with Gasteiger partial charge in [0.15, 0.2) is 0 Å². The molecule has 182 valence electrons. The van der Waals surface area contributed by atoms with Crippen LogP contribution in [0.3, 0.4) is 0 Å². The topological polar surface area (TPSA) is 140 Å². The number of nitro benzene ring substituents is 2. The van der Waals surface area contributed by atoms with Crippen LogP contribution in [-0.4, -0.2) is 28.2 Å². The molecule has 10 nitrogen and oxygen atoms in total. The lowest BCUT2D eigenvalue weighted by atomic mass is 10.1. The number of nitrogens with one attached hydrogen (secondary N) is 1. The van der Waals surface area contributed by atoms with Gasteiger partial charge in [-0.05, 0) is 65.7 Å². The number of hydrogen-bond donors (Lipinski definition) is 1. The lowest BCUT2D eigenvalue weighted by Crippen LogP contribution is -2.12. The first kappa shape index (κ1) is 24.6. The third kappa shape index (κ3) is 6.55. The van der Waals surface area contributed by atoms with Gasteiger partial charge in [0, 0.05) is 42.4 Å². The van der Waals surface area contributed by atoms with Crippen LogP contribution in [0, 0.1) is 20.2 Å². The number of carbonyl (C=O) groups is 1. The maximum Gasteiger partial charge on any atom is 0.269 e. The molecule has 0 aliphatic rings. The highest BCUT2D eigenvalue weighted by Crippen LogP contribution is 2.27. The highest BCUT2D eigenvalue weighted by atomic mass is 16.6. The van der Waals surface area contributed by atoms with Crippen LogP contribution in [0.5, 0.6) is 0 Å². The van der Waals surface area contributed by atoms with E-state index in [1.54, 1.807) is 72.9 Å². The predicted molar refractivity (Wildman–Crippen MR) is 142 cm³/mol. The molecule has 0 saturated heterocycles. The van der Waals surface area contributed by atoms with Crippen LogP contribution >= 0.6 is 0 Å². The van der Waals surface area contributed by atoms with Crippen LogP contribution in [-0.2, 0) is 0 Å². The van der Waals surface area contributed by atoms with Gasteiger partial charge < -0.3 is 5.32 Å². The molecule has 0 aliphatic heterocycles. The van der Waals surface area contributed by atoms with Gasteiger partial charge in [-0.25, -0.2) is 0 Å². The van der Waals surface area contributed by atoms with Crippen molar-refractivity contribution in [3.8, 4) is 0 Å². The summed E-state index contributed by atoms with van der Waals surface area (Å²) in [5, 5.41) is 24.6. The van der Waals surface area contributed by atoms with Crippen molar-refractivity contribution in [2.45, 2.75) is 0 Å². The number of nitro groups is 2. The van der Waals surface area contributed by atoms with Crippen molar-refractivity contribution in [1.82, 2.24) is 0 Å². The van der Waals surface area contributed by atoms with E-state index in [1.165, 1.54) is 30.5 Å². The number of rotatable bonds is 8. The molecule has 0 bridgehead atoms. The summed E-state index contributed by atoms with van der Waals surface area (Å²) in [6, 6.07) is 25.7. The molecular weight excluding hydrogens is 474 g/mol. The number of anilines is 1. The van der Waals surface area contributed by atoms with E-state index in [1.807, 2.05) is 6.07 Å². The molecule has 0 heterocycles. The van der Waals surface area contributed by atoms with E-state index in [0.717, 1.165) is 0 Å². The first-order valence-corrected chi connectivity index (χ1v) is 11.0. The van der Waals surface area contributed by atoms with E-state index < -0.39 is 9.85 Å². The molecule has 1 N–H and O–H groups in total. The second-order valence-corrected chi connectivity index (χ2v) is 7.74. The molecule has 4 rings (SSSR count). The van der Waals surface area contributed by atoms with Crippen LogP contribution in [0.25, 0.3) is 0 Å². The lowest BCUT2D eigenvalue weighted by Gasteiger charge is -2.08. The summed E-state index contributed by atoms with van der Waals surface area (Å²) in [7, 11) is 0. The van der Waals surface area contributed by atoms with E-state index >= 15 is 0 Å². The van der Waals surface area contributed by atoms with E-state index in [9.17, 15) is 25.0 Å². The Labute approximate surface area is 211 Å². The number of nitrogens with zero attached hydrogens (tertiary/aromatic N) is 4. The van der Waals surface area contributed by atoms with Crippen molar-refractivity contribution in [3.05, 3.63) is 134 Å². The Morgan fingerprint density at radius 1 is 0.703 bits per heavy atom. The Balaban J connectivity index is 1.63. The first-order chi connectivity index (χ1) is 17.9. The zero-order valence-electron chi connectivity index (χ0n) is 19.2. The summed E-state index contributed by atoms with van der Waals surface area (Å²) in [6.45, 7) is 0. The molecule has 0 fully saturated rings.